The Labute approximate surface area is 133 Å². The van der Waals surface area contributed by atoms with Gasteiger partial charge in [-0.15, -0.1) is 0 Å². The van der Waals surface area contributed by atoms with E-state index in [2.05, 4.69) is 5.32 Å². The first-order chi connectivity index (χ1) is 10.9. The highest BCUT2D eigenvalue weighted by Gasteiger charge is 2.46. The van der Waals surface area contributed by atoms with Crippen molar-refractivity contribution in [1.82, 2.24) is 5.32 Å². The molecule has 7 heteroatoms. The van der Waals surface area contributed by atoms with E-state index >= 15 is 0 Å². The number of amides is 1. The summed E-state index contributed by atoms with van der Waals surface area (Å²) in [7, 11) is 2.90. The molecule has 0 radical (unpaired) electrons. The second-order valence-electron chi connectivity index (χ2n) is 5.58. The predicted octanol–water partition coefficient (Wildman–Crippen LogP) is 3.55. The van der Waals surface area contributed by atoms with E-state index in [0.717, 1.165) is 0 Å². The zero-order valence-electron chi connectivity index (χ0n) is 13.1. The fourth-order valence-electron chi connectivity index (χ4n) is 2.92. The SMILES string of the molecule is COc1ccc(C(=O)N[C@@H]2CCCC[C@@H]2C(F)(F)F)cc1OC. The molecule has 0 heterocycles. The fourth-order valence-corrected chi connectivity index (χ4v) is 2.92. The van der Waals surface area contributed by atoms with Gasteiger partial charge in [-0.05, 0) is 31.0 Å². The number of alkyl halides is 3. The van der Waals surface area contributed by atoms with Crippen molar-refractivity contribution in [2.45, 2.75) is 37.9 Å². The van der Waals surface area contributed by atoms with Crippen molar-refractivity contribution in [3.63, 3.8) is 0 Å². The van der Waals surface area contributed by atoms with Gasteiger partial charge in [-0.25, -0.2) is 0 Å². The van der Waals surface area contributed by atoms with E-state index in [0.29, 0.717) is 30.8 Å². The summed E-state index contributed by atoms with van der Waals surface area (Å²) in [4.78, 5) is 12.3. The quantitative estimate of drug-likeness (QED) is 0.918. The number of hydrogen-bond donors (Lipinski definition) is 1. The van der Waals surface area contributed by atoms with Crippen LogP contribution in [0.5, 0.6) is 11.5 Å². The number of nitrogens with one attached hydrogen (secondary N) is 1. The minimum atomic E-state index is -4.30. The summed E-state index contributed by atoms with van der Waals surface area (Å²) in [5.74, 6) is -1.21. The average molecular weight is 331 g/mol. The third kappa shape index (κ3) is 4.09. The molecule has 1 aromatic carbocycles. The van der Waals surface area contributed by atoms with Gasteiger partial charge in [-0.3, -0.25) is 4.79 Å². The van der Waals surface area contributed by atoms with E-state index in [9.17, 15) is 18.0 Å². The van der Waals surface area contributed by atoms with Crippen molar-refractivity contribution >= 4 is 5.91 Å². The van der Waals surface area contributed by atoms with Crippen LogP contribution in [0.2, 0.25) is 0 Å². The van der Waals surface area contributed by atoms with Gasteiger partial charge in [0, 0.05) is 11.6 Å². The summed E-state index contributed by atoms with van der Waals surface area (Å²) < 4.78 is 49.4. The van der Waals surface area contributed by atoms with E-state index in [-0.39, 0.29) is 12.0 Å². The standard InChI is InChI=1S/C16H20F3NO3/c1-22-13-8-7-10(9-14(13)23-2)15(21)20-12-6-4-3-5-11(12)16(17,18)19/h7-9,11-12H,3-6H2,1-2H3,(H,20,21)/t11-,12+/m0/s1. The highest BCUT2D eigenvalue weighted by molar-refractivity contribution is 5.95. The molecule has 2 atom stereocenters. The van der Waals surface area contributed by atoms with Crippen LogP contribution in [-0.2, 0) is 0 Å². The number of carbonyl (C=O) groups excluding carboxylic acids is 1. The van der Waals surface area contributed by atoms with Crippen molar-refractivity contribution < 1.29 is 27.4 Å². The Balaban J connectivity index is 2.14. The predicted molar refractivity (Wildman–Crippen MR) is 78.8 cm³/mol. The van der Waals surface area contributed by atoms with Crippen LogP contribution in [0.3, 0.4) is 0 Å². The van der Waals surface area contributed by atoms with Gasteiger partial charge in [-0.2, -0.15) is 13.2 Å². The van der Waals surface area contributed by atoms with E-state index in [1.807, 2.05) is 0 Å². The van der Waals surface area contributed by atoms with Gasteiger partial charge >= 0.3 is 6.18 Å². The molecule has 4 nitrogen and oxygen atoms in total. The summed E-state index contributed by atoms with van der Waals surface area (Å²) in [6.07, 6.45) is -2.68. The van der Waals surface area contributed by atoms with Crippen LogP contribution in [0.4, 0.5) is 13.2 Å². The lowest BCUT2D eigenvalue weighted by Gasteiger charge is -2.33. The van der Waals surface area contributed by atoms with Gasteiger partial charge in [-0.1, -0.05) is 12.8 Å². The Hall–Kier alpha value is -1.92. The first kappa shape index (κ1) is 17.4. The van der Waals surface area contributed by atoms with Gasteiger partial charge < -0.3 is 14.8 Å². The third-order valence-corrected chi connectivity index (χ3v) is 4.15. The van der Waals surface area contributed by atoms with Gasteiger partial charge in [0.25, 0.3) is 5.91 Å². The summed E-state index contributed by atoms with van der Waals surface area (Å²) in [6.45, 7) is 0. The number of ether oxygens (including phenoxy) is 2. The van der Waals surface area contributed by atoms with Crippen molar-refractivity contribution in [3.8, 4) is 11.5 Å². The highest BCUT2D eigenvalue weighted by atomic mass is 19.4. The van der Waals surface area contributed by atoms with Gasteiger partial charge in [0.15, 0.2) is 11.5 Å². The topological polar surface area (TPSA) is 47.6 Å². The summed E-state index contributed by atoms with van der Waals surface area (Å²) in [6, 6.07) is 3.63. The van der Waals surface area contributed by atoms with Crippen molar-refractivity contribution in [2.75, 3.05) is 14.2 Å². The Morgan fingerprint density at radius 3 is 2.39 bits per heavy atom. The molecule has 0 unspecified atom stereocenters. The minimum Gasteiger partial charge on any atom is -0.493 e. The number of methoxy groups -OCH3 is 2. The molecule has 1 amide bonds. The third-order valence-electron chi connectivity index (χ3n) is 4.15. The lowest BCUT2D eigenvalue weighted by Crippen LogP contribution is -2.47. The highest BCUT2D eigenvalue weighted by Crippen LogP contribution is 2.38. The van der Waals surface area contributed by atoms with Crippen LogP contribution in [0.25, 0.3) is 0 Å². The maximum Gasteiger partial charge on any atom is 0.393 e. The Kier molecular flexibility index (Phi) is 5.38. The van der Waals surface area contributed by atoms with Crippen LogP contribution in [0.1, 0.15) is 36.0 Å². The molecule has 0 bridgehead atoms. The molecule has 0 saturated heterocycles. The van der Waals surface area contributed by atoms with Crippen LogP contribution >= 0.6 is 0 Å². The molecule has 1 N–H and O–H groups in total. The molecular formula is C16H20F3NO3. The summed E-state index contributed by atoms with van der Waals surface area (Å²) >= 11 is 0. The van der Waals surface area contributed by atoms with Crippen LogP contribution in [0, 0.1) is 5.92 Å². The Morgan fingerprint density at radius 2 is 1.78 bits per heavy atom. The van der Waals surface area contributed by atoms with Crippen LogP contribution in [0.15, 0.2) is 18.2 Å². The number of rotatable bonds is 4. The molecule has 1 aromatic rings. The number of benzene rings is 1. The zero-order valence-corrected chi connectivity index (χ0v) is 13.1. The van der Waals surface area contributed by atoms with E-state index in [4.69, 9.17) is 9.47 Å². The second kappa shape index (κ2) is 7.10. The van der Waals surface area contributed by atoms with Crippen LogP contribution < -0.4 is 14.8 Å². The number of hydrogen-bond acceptors (Lipinski definition) is 3. The molecule has 23 heavy (non-hydrogen) atoms. The van der Waals surface area contributed by atoms with Crippen molar-refractivity contribution in [3.05, 3.63) is 23.8 Å². The van der Waals surface area contributed by atoms with E-state index in [1.165, 1.54) is 26.4 Å². The van der Waals surface area contributed by atoms with Crippen molar-refractivity contribution in [1.29, 1.82) is 0 Å². The largest absolute Gasteiger partial charge is 0.493 e. The fraction of sp³-hybridized carbons (Fsp3) is 0.562. The molecular weight excluding hydrogens is 311 g/mol. The molecule has 1 aliphatic rings. The number of carbonyl (C=O) groups is 1. The second-order valence-corrected chi connectivity index (χ2v) is 5.58. The molecule has 1 fully saturated rings. The molecule has 128 valence electrons. The lowest BCUT2D eigenvalue weighted by molar-refractivity contribution is -0.187. The molecule has 2 rings (SSSR count). The lowest BCUT2D eigenvalue weighted by atomic mass is 9.84. The van der Waals surface area contributed by atoms with E-state index in [1.54, 1.807) is 6.07 Å². The molecule has 0 aromatic heterocycles. The normalized spacial score (nSPS) is 21.6. The minimum absolute atomic E-state index is 0.0559. The molecule has 1 saturated carbocycles. The maximum absolute atomic E-state index is 13.1. The van der Waals surface area contributed by atoms with Crippen molar-refractivity contribution in [2.24, 2.45) is 5.92 Å². The summed E-state index contributed by atoms with van der Waals surface area (Å²) in [5, 5.41) is 2.53. The Bertz CT molecular complexity index is 560. The molecule has 0 spiro atoms. The number of halogens is 3. The zero-order chi connectivity index (χ0) is 17.0. The van der Waals surface area contributed by atoms with E-state index < -0.39 is 24.0 Å². The molecule has 1 aliphatic carbocycles. The monoisotopic (exact) mass is 331 g/mol. The Morgan fingerprint density at radius 1 is 1.13 bits per heavy atom. The van der Waals surface area contributed by atoms with Gasteiger partial charge in [0.1, 0.15) is 0 Å². The molecule has 0 aliphatic heterocycles. The average Bonchev–Trinajstić information content (AvgIpc) is 2.53. The first-order valence-electron chi connectivity index (χ1n) is 7.46. The maximum atomic E-state index is 13.1. The smallest absolute Gasteiger partial charge is 0.393 e. The van der Waals surface area contributed by atoms with Crippen LogP contribution in [-0.4, -0.2) is 32.3 Å². The van der Waals surface area contributed by atoms with Gasteiger partial charge in [0.05, 0.1) is 20.1 Å². The first-order valence-corrected chi connectivity index (χ1v) is 7.46. The summed E-state index contributed by atoms with van der Waals surface area (Å²) in [5.41, 5.74) is 0.245. The van der Waals surface area contributed by atoms with Gasteiger partial charge in [0.2, 0.25) is 0 Å².